The molecule has 1 aromatic carbocycles. The lowest BCUT2D eigenvalue weighted by Gasteiger charge is -2.08. The molecule has 0 aliphatic carbocycles. The van der Waals surface area contributed by atoms with E-state index in [4.69, 9.17) is 9.15 Å². The van der Waals surface area contributed by atoms with Gasteiger partial charge in [0, 0.05) is 28.0 Å². The fraction of sp³-hybridized carbons (Fsp3) is 0.158. The molecule has 0 bridgehead atoms. The molecule has 0 spiro atoms. The van der Waals surface area contributed by atoms with Crippen LogP contribution in [0.5, 0.6) is 0 Å². The zero-order valence-electron chi connectivity index (χ0n) is 13.4. The summed E-state index contributed by atoms with van der Waals surface area (Å²) in [6.07, 6.45) is 3.09. The number of thiophene rings is 1. The van der Waals surface area contributed by atoms with Crippen LogP contribution in [0.15, 0.2) is 51.0 Å². The Bertz CT molecular complexity index is 965. The molecule has 5 heteroatoms. The van der Waals surface area contributed by atoms with Gasteiger partial charge in [-0.05, 0) is 54.6 Å². The monoisotopic (exact) mass is 340 g/mol. The fourth-order valence-electron chi connectivity index (χ4n) is 2.34. The lowest BCUT2D eigenvalue weighted by atomic mass is 10.0. The Morgan fingerprint density at radius 2 is 2.04 bits per heavy atom. The molecular weight excluding hydrogens is 324 g/mol. The minimum atomic E-state index is -0.453. The summed E-state index contributed by atoms with van der Waals surface area (Å²) >= 11 is 1.54. The van der Waals surface area contributed by atoms with Crippen LogP contribution in [0.1, 0.15) is 21.6 Å². The number of ether oxygens (including phenoxy) is 1. The molecule has 2 aromatic heterocycles. The van der Waals surface area contributed by atoms with Crippen molar-refractivity contribution in [3.8, 4) is 0 Å². The SMILES string of the molecule is Cc1cc2oc(=O)cc(COC(=O)/C=C/c3cccs3)c2cc1C. The maximum Gasteiger partial charge on any atom is 0.336 e. The van der Waals surface area contributed by atoms with E-state index in [1.807, 2.05) is 43.5 Å². The normalized spacial score (nSPS) is 11.2. The van der Waals surface area contributed by atoms with E-state index in [1.54, 1.807) is 6.08 Å². The summed E-state index contributed by atoms with van der Waals surface area (Å²) in [5, 5.41) is 2.72. The van der Waals surface area contributed by atoms with Crippen molar-refractivity contribution in [1.29, 1.82) is 0 Å². The Labute approximate surface area is 143 Å². The molecule has 0 amide bonds. The van der Waals surface area contributed by atoms with Crippen molar-refractivity contribution in [3.05, 3.63) is 73.8 Å². The molecule has 0 saturated carbocycles. The molecule has 0 N–H and O–H groups in total. The summed E-state index contributed by atoms with van der Waals surface area (Å²) in [6, 6.07) is 8.96. The van der Waals surface area contributed by atoms with E-state index < -0.39 is 11.6 Å². The maximum absolute atomic E-state index is 11.8. The van der Waals surface area contributed by atoms with Crippen molar-refractivity contribution in [2.75, 3.05) is 0 Å². The summed E-state index contributed by atoms with van der Waals surface area (Å²) in [4.78, 5) is 24.5. The lowest BCUT2D eigenvalue weighted by Crippen LogP contribution is -2.06. The summed E-state index contributed by atoms with van der Waals surface area (Å²) in [6.45, 7) is 3.97. The van der Waals surface area contributed by atoms with Crippen molar-refractivity contribution in [1.82, 2.24) is 0 Å². The van der Waals surface area contributed by atoms with Crippen molar-refractivity contribution in [3.63, 3.8) is 0 Å². The van der Waals surface area contributed by atoms with E-state index in [0.717, 1.165) is 21.4 Å². The van der Waals surface area contributed by atoms with Gasteiger partial charge in [0.05, 0.1) is 0 Å². The Hall–Kier alpha value is -2.66. The number of fused-ring (bicyclic) bond motifs is 1. The van der Waals surface area contributed by atoms with Crippen LogP contribution >= 0.6 is 11.3 Å². The molecule has 4 nitrogen and oxygen atoms in total. The van der Waals surface area contributed by atoms with Gasteiger partial charge in [0.25, 0.3) is 0 Å². The van der Waals surface area contributed by atoms with Crippen LogP contribution in [0.2, 0.25) is 0 Å². The molecule has 0 radical (unpaired) electrons. The maximum atomic E-state index is 11.8. The number of hydrogen-bond acceptors (Lipinski definition) is 5. The molecule has 0 saturated heterocycles. The first-order valence-corrected chi connectivity index (χ1v) is 8.33. The standard InChI is InChI=1S/C19H16O4S/c1-12-8-16-14(10-19(21)23-17(16)9-13(12)2)11-22-18(20)6-5-15-4-3-7-24-15/h3-10H,11H2,1-2H3/b6-5+. The second-order valence-electron chi connectivity index (χ2n) is 5.48. The van der Waals surface area contributed by atoms with Gasteiger partial charge in [-0.25, -0.2) is 9.59 Å². The minimum Gasteiger partial charge on any atom is -0.458 e. The summed E-state index contributed by atoms with van der Waals surface area (Å²) in [5.74, 6) is -0.450. The van der Waals surface area contributed by atoms with Crippen LogP contribution in [0.3, 0.4) is 0 Å². The first kappa shape index (κ1) is 16.2. The van der Waals surface area contributed by atoms with E-state index in [0.29, 0.717) is 11.1 Å². The van der Waals surface area contributed by atoms with Gasteiger partial charge in [-0.1, -0.05) is 6.07 Å². The van der Waals surface area contributed by atoms with E-state index in [-0.39, 0.29) is 6.61 Å². The molecule has 3 rings (SSSR count). The summed E-state index contributed by atoms with van der Waals surface area (Å²) in [7, 11) is 0. The molecule has 0 atom stereocenters. The predicted molar refractivity (Wildman–Crippen MR) is 95.1 cm³/mol. The molecule has 24 heavy (non-hydrogen) atoms. The number of carbonyl (C=O) groups excluding carboxylic acids is 1. The third kappa shape index (κ3) is 3.63. The first-order valence-electron chi connectivity index (χ1n) is 7.45. The average molecular weight is 340 g/mol. The van der Waals surface area contributed by atoms with Gasteiger partial charge in [-0.2, -0.15) is 0 Å². The first-order chi connectivity index (χ1) is 11.5. The van der Waals surface area contributed by atoms with E-state index >= 15 is 0 Å². The second-order valence-corrected chi connectivity index (χ2v) is 6.46. The zero-order chi connectivity index (χ0) is 17.1. The number of esters is 1. The van der Waals surface area contributed by atoms with Gasteiger partial charge in [0.15, 0.2) is 0 Å². The van der Waals surface area contributed by atoms with Crippen LogP contribution in [0, 0.1) is 13.8 Å². The van der Waals surface area contributed by atoms with Crippen molar-refractivity contribution < 1.29 is 13.9 Å². The Balaban J connectivity index is 1.81. The Morgan fingerprint density at radius 3 is 2.79 bits per heavy atom. The van der Waals surface area contributed by atoms with Gasteiger partial charge < -0.3 is 9.15 Å². The topological polar surface area (TPSA) is 56.5 Å². The Morgan fingerprint density at radius 1 is 1.25 bits per heavy atom. The van der Waals surface area contributed by atoms with Gasteiger partial charge >= 0.3 is 11.6 Å². The molecular formula is C19H16O4S. The van der Waals surface area contributed by atoms with Crippen molar-refractivity contribution in [2.45, 2.75) is 20.5 Å². The summed E-state index contributed by atoms with van der Waals surface area (Å²) < 4.78 is 10.5. The van der Waals surface area contributed by atoms with Crippen LogP contribution in [-0.4, -0.2) is 5.97 Å². The quantitative estimate of drug-likeness (QED) is 0.405. The highest BCUT2D eigenvalue weighted by atomic mass is 32.1. The zero-order valence-corrected chi connectivity index (χ0v) is 14.2. The Kier molecular flexibility index (Phi) is 4.62. The third-order valence-electron chi connectivity index (χ3n) is 3.74. The van der Waals surface area contributed by atoms with Crippen LogP contribution in [-0.2, 0) is 16.1 Å². The summed E-state index contributed by atoms with van der Waals surface area (Å²) in [5.41, 5.74) is 2.82. The highest BCUT2D eigenvalue weighted by molar-refractivity contribution is 7.10. The van der Waals surface area contributed by atoms with Crippen molar-refractivity contribution >= 4 is 34.4 Å². The molecule has 122 valence electrons. The lowest BCUT2D eigenvalue weighted by molar-refractivity contribution is -0.138. The number of benzene rings is 1. The molecule has 0 fully saturated rings. The van der Waals surface area contributed by atoms with Crippen LogP contribution < -0.4 is 5.63 Å². The molecule has 0 aliphatic rings. The average Bonchev–Trinajstić information content (AvgIpc) is 3.06. The fourth-order valence-corrected chi connectivity index (χ4v) is 2.95. The van der Waals surface area contributed by atoms with Crippen LogP contribution in [0.25, 0.3) is 17.0 Å². The molecule has 0 unspecified atom stereocenters. The second kappa shape index (κ2) is 6.84. The third-order valence-corrected chi connectivity index (χ3v) is 4.58. The smallest absolute Gasteiger partial charge is 0.336 e. The van der Waals surface area contributed by atoms with Gasteiger partial charge in [-0.15, -0.1) is 11.3 Å². The predicted octanol–water partition coefficient (Wildman–Crippen LogP) is 4.23. The molecule has 2 heterocycles. The van der Waals surface area contributed by atoms with Gasteiger partial charge in [0.1, 0.15) is 12.2 Å². The number of hydrogen-bond donors (Lipinski definition) is 0. The highest BCUT2D eigenvalue weighted by Crippen LogP contribution is 2.22. The molecule has 3 aromatic rings. The van der Waals surface area contributed by atoms with Gasteiger partial charge in [0.2, 0.25) is 0 Å². The number of aryl methyl sites for hydroxylation is 2. The number of rotatable bonds is 4. The van der Waals surface area contributed by atoms with Gasteiger partial charge in [-0.3, -0.25) is 0 Å². The van der Waals surface area contributed by atoms with Crippen molar-refractivity contribution in [2.24, 2.45) is 0 Å². The van der Waals surface area contributed by atoms with E-state index in [2.05, 4.69) is 0 Å². The van der Waals surface area contributed by atoms with E-state index in [9.17, 15) is 9.59 Å². The van der Waals surface area contributed by atoms with Crippen LogP contribution in [0.4, 0.5) is 0 Å². The number of carbonyl (C=O) groups is 1. The largest absolute Gasteiger partial charge is 0.458 e. The minimum absolute atomic E-state index is 0.0260. The highest BCUT2D eigenvalue weighted by Gasteiger charge is 2.09. The molecule has 0 aliphatic heterocycles. The van der Waals surface area contributed by atoms with E-state index in [1.165, 1.54) is 23.5 Å².